The molecule has 0 unspecified atom stereocenters. The normalized spacial score (nSPS) is 12.6. The average Bonchev–Trinajstić information content (AvgIpc) is 3.89. The van der Waals surface area contributed by atoms with Gasteiger partial charge in [-0.25, -0.2) is 0 Å². The van der Waals surface area contributed by atoms with Crippen molar-refractivity contribution in [2.24, 2.45) is 0 Å². The van der Waals surface area contributed by atoms with Crippen LogP contribution in [0.3, 0.4) is 0 Å². The van der Waals surface area contributed by atoms with Crippen LogP contribution in [-0.4, -0.2) is 20.4 Å². The Balaban J connectivity index is 1.19. The largest absolute Gasteiger partial charge is 0.310 e. The van der Waals surface area contributed by atoms with Gasteiger partial charge in [0.2, 0.25) is 6.71 Å². The van der Waals surface area contributed by atoms with Gasteiger partial charge in [-0.3, -0.25) is 0 Å². The molecule has 0 amide bonds. The van der Waals surface area contributed by atoms with Crippen LogP contribution in [0.15, 0.2) is 158 Å². The van der Waals surface area contributed by atoms with Crippen LogP contribution in [-0.2, 0) is 0 Å². The minimum Gasteiger partial charge on any atom is -0.310 e. The molecule has 4 heterocycles. The Bertz CT molecular complexity index is 3350. The van der Waals surface area contributed by atoms with E-state index in [1.165, 1.54) is 121 Å². The van der Waals surface area contributed by atoms with Crippen LogP contribution in [0.1, 0.15) is 22.3 Å². The van der Waals surface area contributed by atoms with Crippen molar-refractivity contribution in [3.05, 3.63) is 180 Å². The van der Waals surface area contributed by atoms with Crippen molar-refractivity contribution in [1.82, 2.24) is 13.7 Å². The summed E-state index contributed by atoms with van der Waals surface area (Å²) in [5.74, 6) is 0. The maximum Gasteiger partial charge on any atom is 0.247 e. The summed E-state index contributed by atoms with van der Waals surface area (Å²) in [6, 6.07) is 58.5. The molecule has 264 valence electrons. The van der Waals surface area contributed by atoms with E-state index < -0.39 is 0 Å². The number of hydrogen-bond acceptors (Lipinski definition) is 0. The lowest BCUT2D eigenvalue weighted by Gasteiger charge is -2.31. The summed E-state index contributed by atoms with van der Waals surface area (Å²) >= 11 is 0. The third-order valence-corrected chi connectivity index (χ3v) is 13.2. The smallest absolute Gasteiger partial charge is 0.247 e. The molecule has 1 aliphatic rings. The van der Waals surface area contributed by atoms with Gasteiger partial charge < -0.3 is 13.7 Å². The highest BCUT2D eigenvalue weighted by atomic mass is 15.0. The second-order valence-electron chi connectivity index (χ2n) is 15.7. The Labute approximate surface area is 325 Å². The third kappa shape index (κ3) is 3.93. The van der Waals surface area contributed by atoms with Gasteiger partial charge in [0.15, 0.2) is 0 Å². The van der Waals surface area contributed by atoms with Crippen molar-refractivity contribution < 1.29 is 0 Å². The van der Waals surface area contributed by atoms with Gasteiger partial charge in [0.05, 0.1) is 44.5 Å². The van der Waals surface area contributed by atoms with E-state index in [4.69, 9.17) is 0 Å². The Kier molecular flexibility index (Phi) is 6.41. The minimum atomic E-state index is 0.0577. The number of para-hydroxylation sites is 6. The highest BCUT2D eigenvalue weighted by Gasteiger charge is 2.37. The predicted molar refractivity (Wildman–Crippen MR) is 240 cm³/mol. The summed E-state index contributed by atoms with van der Waals surface area (Å²) < 4.78 is 7.58. The molecule has 4 heteroatoms. The van der Waals surface area contributed by atoms with Crippen LogP contribution in [0.4, 0.5) is 0 Å². The number of rotatable bonds is 3. The molecule has 0 bridgehead atoms. The lowest BCUT2D eigenvalue weighted by atomic mass is 9.34. The van der Waals surface area contributed by atoms with Crippen LogP contribution in [0.25, 0.3) is 82.5 Å². The molecular formula is C52H38BN3. The monoisotopic (exact) mass is 715 g/mol. The maximum absolute atomic E-state index is 2.56. The van der Waals surface area contributed by atoms with Crippen LogP contribution in [0.2, 0.25) is 0 Å². The molecule has 3 nitrogen and oxygen atoms in total. The molecule has 0 saturated carbocycles. The summed E-state index contributed by atoms with van der Waals surface area (Å²) in [6.07, 6.45) is 0. The van der Waals surface area contributed by atoms with E-state index in [0.717, 1.165) is 0 Å². The van der Waals surface area contributed by atoms with Gasteiger partial charge in [-0.1, -0.05) is 132 Å². The maximum atomic E-state index is 2.56. The SMILES string of the molecule is Cc1c(C)c(-n2c3ccccc3c3ccccc32)c(C)c(C)c1B1c2ccccc2-n2c3ccccc3c3c(-n4c5ccccc5c5ccccc54)ccc1c32. The first kappa shape index (κ1) is 31.6. The van der Waals surface area contributed by atoms with E-state index in [-0.39, 0.29) is 6.71 Å². The first-order valence-corrected chi connectivity index (χ1v) is 19.8. The summed E-state index contributed by atoms with van der Waals surface area (Å²) in [5, 5.41) is 7.72. The van der Waals surface area contributed by atoms with Crippen LogP contribution in [0, 0.1) is 27.7 Å². The van der Waals surface area contributed by atoms with E-state index >= 15 is 0 Å². The van der Waals surface area contributed by atoms with E-state index in [1.807, 2.05) is 0 Å². The fourth-order valence-electron chi connectivity index (χ4n) is 10.6. The zero-order chi connectivity index (χ0) is 37.4. The number of aromatic nitrogens is 3. The summed E-state index contributed by atoms with van der Waals surface area (Å²) in [6.45, 7) is 9.48. The molecule has 0 radical (unpaired) electrons. The number of fused-ring (bicyclic) bond motifs is 11. The zero-order valence-electron chi connectivity index (χ0n) is 31.9. The van der Waals surface area contributed by atoms with Crippen molar-refractivity contribution in [3.8, 4) is 17.1 Å². The molecule has 0 saturated heterocycles. The molecule has 3 aromatic heterocycles. The van der Waals surface area contributed by atoms with Crippen LogP contribution < -0.4 is 16.4 Å². The number of nitrogens with zero attached hydrogens (tertiary/aromatic N) is 3. The lowest BCUT2D eigenvalue weighted by Crippen LogP contribution is -2.58. The topological polar surface area (TPSA) is 14.8 Å². The Hall–Kier alpha value is -6.78. The van der Waals surface area contributed by atoms with E-state index in [2.05, 4.69) is 199 Å². The number of hydrogen-bond donors (Lipinski definition) is 0. The van der Waals surface area contributed by atoms with Crippen LogP contribution >= 0.6 is 0 Å². The number of benzene rings is 8. The van der Waals surface area contributed by atoms with Crippen molar-refractivity contribution >= 4 is 88.5 Å². The van der Waals surface area contributed by atoms with Crippen molar-refractivity contribution in [3.63, 3.8) is 0 Å². The highest BCUT2D eigenvalue weighted by Crippen LogP contribution is 2.41. The third-order valence-electron chi connectivity index (χ3n) is 13.2. The standard InChI is InChI=1S/C52H38BN3/c1-31-33(3)51(55-44-25-13-7-19-37(44)38-20-8-14-26-45(38)55)34(4)32(2)50(31)53-40-22-10-16-28-47(40)56-46-27-15-9-21-39(46)49-48(30-29-41(53)52(49)56)54-42-23-11-5-17-35(42)36-18-6-12-24-43(36)54/h5-30H,1-4H3. The van der Waals surface area contributed by atoms with E-state index in [9.17, 15) is 0 Å². The quantitative estimate of drug-likeness (QED) is 0.162. The summed E-state index contributed by atoms with van der Waals surface area (Å²) in [5.41, 5.74) is 20.8. The van der Waals surface area contributed by atoms with E-state index in [0.29, 0.717) is 0 Å². The first-order chi connectivity index (χ1) is 27.5. The van der Waals surface area contributed by atoms with Crippen molar-refractivity contribution in [1.29, 1.82) is 0 Å². The molecule has 0 N–H and O–H groups in total. The molecule has 1 aliphatic heterocycles. The zero-order valence-corrected chi connectivity index (χ0v) is 31.9. The predicted octanol–water partition coefficient (Wildman–Crippen LogP) is 11.0. The fourth-order valence-corrected chi connectivity index (χ4v) is 10.6. The van der Waals surface area contributed by atoms with Gasteiger partial charge in [0.1, 0.15) is 0 Å². The fraction of sp³-hybridized carbons (Fsp3) is 0.0769. The van der Waals surface area contributed by atoms with Gasteiger partial charge in [0.25, 0.3) is 0 Å². The molecule has 56 heavy (non-hydrogen) atoms. The molecule has 0 atom stereocenters. The lowest BCUT2D eigenvalue weighted by molar-refractivity contribution is 1.10. The Morgan fingerprint density at radius 1 is 0.339 bits per heavy atom. The van der Waals surface area contributed by atoms with Crippen LogP contribution in [0.5, 0.6) is 0 Å². The molecule has 12 rings (SSSR count). The van der Waals surface area contributed by atoms with E-state index in [1.54, 1.807) is 0 Å². The summed E-state index contributed by atoms with van der Waals surface area (Å²) in [7, 11) is 0. The second-order valence-corrected chi connectivity index (χ2v) is 15.7. The molecule has 8 aromatic carbocycles. The molecule has 0 fully saturated rings. The molecule has 11 aromatic rings. The summed E-state index contributed by atoms with van der Waals surface area (Å²) in [4.78, 5) is 0. The average molecular weight is 716 g/mol. The molecule has 0 spiro atoms. The van der Waals surface area contributed by atoms with Gasteiger partial charge in [-0.2, -0.15) is 0 Å². The van der Waals surface area contributed by atoms with Gasteiger partial charge in [-0.15, -0.1) is 0 Å². The second kappa shape index (κ2) is 11.4. The Morgan fingerprint density at radius 2 is 0.768 bits per heavy atom. The van der Waals surface area contributed by atoms with Gasteiger partial charge >= 0.3 is 0 Å². The van der Waals surface area contributed by atoms with Gasteiger partial charge in [0, 0.05) is 38.0 Å². The van der Waals surface area contributed by atoms with Crippen molar-refractivity contribution in [2.75, 3.05) is 0 Å². The van der Waals surface area contributed by atoms with Crippen molar-refractivity contribution in [2.45, 2.75) is 27.7 Å². The van der Waals surface area contributed by atoms with Gasteiger partial charge in [-0.05, 0) is 92.2 Å². The molecule has 0 aliphatic carbocycles. The Morgan fingerprint density at radius 3 is 1.30 bits per heavy atom. The minimum absolute atomic E-state index is 0.0577. The highest BCUT2D eigenvalue weighted by molar-refractivity contribution is 6.98. The first-order valence-electron chi connectivity index (χ1n) is 19.8. The molecular weight excluding hydrogens is 677 g/mol.